The molecule has 0 bridgehead atoms. The van der Waals surface area contributed by atoms with E-state index >= 15 is 0 Å². The molecule has 158 valence electrons. The normalized spacial score (nSPS) is 11.7. The number of para-hydroxylation sites is 2. The number of rotatable bonds is 6. The van der Waals surface area contributed by atoms with Crippen molar-refractivity contribution in [3.63, 3.8) is 0 Å². The van der Waals surface area contributed by atoms with Gasteiger partial charge in [-0.1, -0.05) is 67.4 Å². The molecule has 0 aliphatic rings. The summed E-state index contributed by atoms with van der Waals surface area (Å²) in [5, 5.41) is 1.29. The number of fused-ring (bicyclic) bond motifs is 2. The second kappa shape index (κ2) is 8.47. The second-order valence-corrected chi connectivity index (χ2v) is 9.43. The number of aromatic nitrogens is 1. The lowest BCUT2D eigenvalue weighted by atomic mass is 10.0. The first-order valence-electron chi connectivity index (χ1n) is 10.3. The number of hydrogen-bond donors (Lipinski definition) is 0. The van der Waals surface area contributed by atoms with E-state index in [0.29, 0.717) is 33.8 Å². The van der Waals surface area contributed by atoms with E-state index in [0.717, 1.165) is 16.3 Å². The zero-order valence-corrected chi connectivity index (χ0v) is 18.4. The summed E-state index contributed by atoms with van der Waals surface area (Å²) < 4.78 is 28.1. The van der Waals surface area contributed by atoms with E-state index in [2.05, 4.69) is 4.98 Å². The molecule has 0 saturated heterocycles. The molecule has 4 aromatic rings. The largest absolute Gasteiger partial charge is 0.268 e. The average molecular weight is 433 g/mol. The van der Waals surface area contributed by atoms with Crippen LogP contribution in [0.25, 0.3) is 21.8 Å². The van der Waals surface area contributed by atoms with Crippen molar-refractivity contribution in [3.05, 3.63) is 83.9 Å². The average Bonchev–Trinajstić information content (AvgIpc) is 2.77. The Morgan fingerprint density at radius 1 is 0.871 bits per heavy atom. The van der Waals surface area contributed by atoms with Crippen LogP contribution in [-0.2, 0) is 10.0 Å². The number of pyridine rings is 1. The van der Waals surface area contributed by atoms with Crippen LogP contribution in [0.2, 0.25) is 0 Å². The van der Waals surface area contributed by atoms with Crippen molar-refractivity contribution in [2.75, 3.05) is 6.54 Å². The van der Waals surface area contributed by atoms with Crippen LogP contribution in [0.5, 0.6) is 0 Å². The maximum Gasteiger partial charge on any atom is 0.268 e. The Kier molecular flexibility index (Phi) is 5.74. The quantitative estimate of drug-likeness (QED) is 0.386. The summed E-state index contributed by atoms with van der Waals surface area (Å²) in [5.74, 6) is -0.524. The summed E-state index contributed by atoms with van der Waals surface area (Å²) in [6.45, 7) is 3.99. The van der Waals surface area contributed by atoms with Crippen LogP contribution in [0.3, 0.4) is 0 Å². The molecule has 0 fully saturated rings. The minimum Gasteiger partial charge on any atom is -0.268 e. The van der Waals surface area contributed by atoms with Gasteiger partial charge in [-0.2, -0.15) is 0 Å². The minimum absolute atomic E-state index is 0.116. The van der Waals surface area contributed by atoms with Gasteiger partial charge in [-0.15, -0.1) is 0 Å². The Labute approximate surface area is 182 Å². The van der Waals surface area contributed by atoms with Gasteiger partial charge in [0.05, 0.1) is 21.5 Å². The number of sulfonamides is 1. The Hall–Kier alpha value is -3.25. The third-order valence-corrected chi connectivity index (χ3v) is 7.15. The molecule has 0 saturated carbocycles. The zero-order valence-electron chi connectivity index (χ0n) is 17.6. The first kappa shape index (κ1) is 21.0. The SMILES string of the molecule is CCCCN(C(=O)c1c2ccccc2nc2ccccc12)S(=O)(=O)c1ccc(C)cc1. The van der Waals surface area contributed by atoms with E-state index in [-0.39, 0.29) is 11.4 Å². The lowest BCUT2D eigenvalue weighted by Crippen LogP contribution is -2.38. The van der Waals surface area contributed by atoms with Crippen LogP contribution in [0, 0.1) is 6.92 Å². The van der Waals surface area contributed by atoms with Gasteiger partial charge < -0.3 is 0 Å². The van der Waals surface area contributed by atoms with E-state index in [4.69, 9.17) is 0 Å². The smallest absolute Gasteiger partial charge is 0.268 e. The van der Waals surface area contributed by atoms with Crippen LogP contribution in [0.15, 0.2) is 77.7 Å². The van der Waals surface area contributed by atoms with Crippen molar-refractivity contribution in [3.8, 4) is 0 Å². The molecule has 0 aliphatic carbocycles. The van der Waals surface area contributed by atoms with Gasteiger partial charge in [-0.25, -0.2) is 17.7 Å². The van der Waals surface area contributed by atoms with Crippen LogP contribution in [0.1, 0.15) is 35.7 Å². The Balaban J connectivity index is 1.94. The van der Waals surface area contributed by atoms with Gasteiger partial charge >= 0.3 is 0 Å². The Bertz CT molecular complexity index is 1310. The molecule has 4 rings (SSSR count). The van der Waals surface area contributed by atoms with Crippen LogP contribution in [-0.4, -0.2) is 30.2 Å². The molecule has 3 aromatic carbocycles. The van der Waals surface area contributed by atoms with Gasteiger partial charge in [0, 0.05) is 17.3 Å². The van der Waals surface area contributed by atoms with Gasteiger partial charge in [-0.05, 0) is 37.6 Å². The summed E-state index contributed by atoms with van der Waals surface area (Å²) in [7, 11) is -4.01. The summed E-state index contributed by atoms with van der Waals surface area (Å²) in [6.07, 6.45) is 1.35. The number of benzene rings is 3. The molecule has 6 heteroatoms. The van der Waals surface area contributed by atoms with Crippen molar-refractivity contribution >= 4 is 37.7 Å². The van der Waals surface area contributed by atoms with Gasteiger partial charge in [0.15, 0.2) is 0 Å². The fourth-order valence-corrected chi connectivity index (χ4v) is 5.08. The van der Waals surface area contributed by atoms with Crippen LogP contribution >= 0.6 is 0 Å². The molecule has 31 heavy (non-hydrogen) atoms. The van der Waals surface area contributed by atoms with Gasteiger partial charge in [0.25, 0.3) is 15.9 Å². The lowest BCUT2D eigenvalue weighted by molar-refractivity contribution is 0.0863. The number of hydrogen-bond acceptors (Lipinski definition) is 4. The van der Waals surface area contributed by atoms with E-state index in [1.54, 1.807) is 24.3 Å². The van der Waals surface area contributed by atoms with E-state index in [1.165, 1.54) is 0 Å². The van der Waals surface area contributed by atoms with Crippen molar-refractivity contribution in [1.82, 2.24) is 9.29 Å². The molecule has 0 radical (unpaired) electrons. The van der Waals surface area contributed by atoms with Crippen LogP contribution in [0.4, 0.5) is 0 Å². The van der Waals surface area contributed by atoms with Crippen molar-refractivity contribution in [1.29, 1.82) is 0 Å². The molecule has 0 atom stereocenters. The summed E-state index contributed by atoms with van der Waals surface area (Å²) in [6, 6.07) is 21.3. The van der Waals surface area contributed by atoms with E-state index in [9.17, 15) is 13.2 Å². The van der Waals surface area contributed by atoms with Crippen LogP contribution < -0.4 is 0 Å². The Morgan fingerprint density at radius 2 is 1.42 bits per heavy atom. The van der Waals surface area contributed by atoms with Gasteiger partial charge in [-0.3, -0.25) is 4.79 Å². The topological polar surface area (TPSA) is 67.3 Å². The number of amides is 1. The molecular formula is C25H24N2O3S. The molecule has 1 amide bonds. The highest BCUT2D eigenvalue weighted by molar-refractivity contribution is 7.89. The minimum atomic E-state index is -4.01. The predicted octanol–water partition coefficient (Wildman–Crippen LogP) is 5.33. The monoisotopic (exact) mass is 432 g/mol. The number of nitrogens with zero attached hydrogens (tertiary/aromatic N) is 2. The molecule has 0 spiro atoms. The third kappa shape index (κ3) is 3.91. The molecule has 0 unspecified atom stereocenters. The lowest BCUT2D eigenvalue weighted by Gasteiger charge is -2.24. The van der Waals surface area contributed by atoms with E-state index < -0.39 is 15.9 Å². The maximum absolute atomic E-state index is 13.9. The molecule has 1 aromatic heterocycles. The van der Waals surface area contributed by atoms with Crippen molar-refractivity contribution < 1.29 is 13.2 Å². The molecule has 0 aliphatic heterocycles. The first-order chi connectivity index (χ1) is 14.9. The molecule has 5 nitrogen and oxygen atoms in total. The predicted molar refractivity (Wildman–Crippen MR) is 124 cm³/mol. The fourth-order valence-electron chi connectivity index (χ4n) is 3.67. The highest BCUT2D eigenvalue weighted by atomic mass is 32.2. The third-order valence-electron chi connectivity index (χ3n) is 5.35. The molecule has 0 N–H and O–H groups in total. The molecular weight excluding hydrogens is 408 g/mol. The number of carbonyl (C=O) groups excluding carboxylic acids is 1. The first-order valence-corrected chi connectivity index (χ1v) is 11.8. The second-order valence-electron chi connectivity index (χ2n) is 7.57. The maximum atomic E-state index is 13.9. The van der Waals surface area contributed by atoms with Crippen molar-refractivity contribution in [2.45, 2.75) is 31.6 Å². The highest BCUT2D eigenvalue weighted by Gasteiger charge is 2.31. The van der Waals surface area contributed by atoms with E-state index in [1.807, 2.05) is 62.4 Å². The molecule has 1 heterocycles. The number of unbranched alkanes of at least 4 members (excludes halogenated alkanes) is 1. The number of carbonyl (C=O) groups is 1. The Morgan fingerprint density at radius 3 is 1.97 bits per heavy atom. The summed E-state index contributed by atoms with van der Waals surface area (Å²) >= 11 is 0. The van der Waals surface area contributed by atoms with Gasteiger partial charge in [0.2, 0.25) is 0 Å². The zero-order chi connectivity index (χ0) is 22.0. The summed E-state index contributed by atoms with van der Waals surface area (Å²) in [5.41, 5.74) is 2.64. The highest BCUT2D eigenvalue weighted by Crippen LogP contribution is 2.29. The standard InChI is InChI=1S/C25H24N2O3S/c1-3-4-17-27(31(29,30)19-15-13-18(2)14-16-19)25(28)24-20-9-5-7-11-22(20)26-23-12-8-6-10-21(23)24/h5-16H,3-4,17H2,1-2H3. The van der Waals surface area contributed by atoms with Crippen molar-refractivity contribution in [2.24, 2.45) is 0 Å². The summed E-state index contributed by atoms with van der Waals surface area (Å²) in [4.78, 5) is 18.7. The number of aryl methyl sites for hydroxylation is 1. The van der Waals surface area contributed by atoms with Gasteiger partial charge in [0.1, 0.15) is 0 Å². The fraction of sp³-hybridized carbons (Fsp3) is 0.200.